The van der Waals surface area contributed by atoms with Gasteiger partial charge in [0.1, 0.15) is 0 Å². The summed E-state index contributed by atoms with van der Waals surface area (Å²) in [5.41, 5.74) is 0. The Labute approximate surface area is 274 Å². The van der Waals surface area contributed by atoms with Gasteiger partial charge in [-0.15, -0.1) is 0 Å². The molecule has 0 bridgehead atoms. The van der Waals surface area contributed by atoms with Crippen LogP contribution in [0.5, 0.6) is 0 Å². The van der Waals surface area contributed by atoms with Gasteiger partial charge < -0.3 is 13.8 Å². The minimum absolute atomic E-state index is 0. The van der Waals surface area contributed by atoms with Crippen molar-refractivity contribution in [2.45, 2.75) is 57.8 Å². The van der Waals surface area contributed by atoms with Crippen LogP contribution in [0.25, 0.3) is 0 Å². The zero-order chi connectivity index (χ0) is 28.8. The van der Waals surface area contributed by atoms with Crippen LogP contribution < -0.4 is 21.2 Å². The Kier molecular flexibility index (Phi) is 20.4. The van der Waals surface area contributed by atoms with E-state index in [0.29, 0.717) is 0 Å². The molecule has 0 saturated heterocycles. The molecule has 0 atom stereocenters. The smallest absolute Gasteiger partial charge is 0.343 e. The summed E-state index contributed by atoms with van der Waals surface area (Å²) in [6.07, 6.45) is 18.1. The second-order valence-electron chi connectivity index (χ2n) is 10.2. The predicted octanol–water partition coefficient (Wildman–Crippen LogP) is 9.97. The summed E-state index contributed by atoms with van der Waals surface area (Å²) in [7, 11) is -0.618. The van der Waals surface area contributed by atoms with Crippen LogP contribution in [-0.2, 0) is 21.1 Å². The van der Waals surface area contributed by atoms with Gasteiger partial charge in [0.05, 0.1) is 0 Å². The summed E-state index contributed by atoms with van der Waals surface area (Å²) in [6, 6.07) is 44.3. The van der Waals surface area contributed by atoms with Crippen molar-refractivity contribution in [3.63, 3.8) is 0 Å². The first-order chi connectivity index (χ1) is 20.3. The first kappa shape index (κ1) is 36.4. The van der Waals surface area contributed by atoms with Crippen molar-refractivity contribution in [2.24, 2.45) is 0 Å². The predicted molar refractivity (Wildman–Crippen MR) is 189 cm³/mol. The van der Waals surface area contributed by atoms with Gasteiger partial charge in [0.2, 0.25) is 0 Å². The molecule has 4 aromatic rings. The molecule has 0 unspecified atom stereocenters. The molecule has 0 nitrogen and oxygen atoms in total. The number of allylic oxidation sites excluding steroid dienone is 2. The van der Waals surface area contributed by atoms with E-state index in [0.717, 1.165) is 12.8 Å². The van der Waals surface area contributed by atoms with Crippen LogP contribution in [0.1, 0.15) is 57.8 Å². The van der Waals surface area contributed by atoms with Gasteiger partial charge in [0.25, 0.3) is 0 Å². The Morgan fingerprint density at radius 1 is 0.405 bits per heavy atom. The minimum atomic E-state index is -0.309. The fourth-order valence-corrected chi connectivity index (χ4v) is 9.70. The summed E-state index contributed by atoms with van der Waals surface area (Å²) >= 11 is 0. The van der Waals surface area contributed by atoms with Crippen LogP contribution >= 0.6 is 15.8 Å². The Hall–Kier alpha value is -1.83. The summed E-state index contributed by atoms with van der Waals surface area (Å²) in [5.74, 6) is 0. The Balaban J connectivity index is 0.000000405. The van der Waals surface area contributed by atoms with E-state index in [2.05, 4.69) is 147 Å². The van der Waals surface area contributed by atoms with Gasteiger partial charge in [0.15, 0.2) is 0 Å². The quantitative estimate of drug-likeness (QED) is 0.0461. The average molecular weight is 774 g/mol. The maximum Gasteiger partial charge on any atom is 2.00 e. The molecule has 0 aliphatic carbocycles. The van der Waals surface area contributed by atoms with Crippen molar-refractivity contribution in [1.29, 1.82) is 0 Å². The van der Waals surface area contributed by atoms with E-state index >= 15 is 0 Å². The van der Waals surface area contributed by atoms with Crippen LogP contribution in [0.2, 0.25) is 0 Å². The van der Waals surface area contributed by atoms with Crippen LogP contribution in [0.4, 0.5) is 0 Å². The van der Waals surface area contributed by atoms with E-state index in [-0.39, 0.29) is 36.9 Å². The van der Waals surface area contributed by atoms with E-state index in [1.807, 2.05) is 0 Å². The molecular formula is C39H48P2Pt. The fraction of sp³-hybridized carbons (Fsp3) is 0.282. The fourth-order valence-electron chi connectivity index (χ4n) is 4.75. The van der Waals surface area contributed by atoms with Gasteiger partial charge in [-0.2, -0.15) is 12.8 Å². The SMILES string of the molecule is [CH2-]CCCC/C=C\CCCC[CH2-].[Pt+2].c1ccc(P(CCCP(c2ccccc2)c2ccccc2)c2ccccc2)cc1. The number of hydrogen-bond acceptors (Lipinski definition) is 0. The normalized spacial score (nSPS) is 10.9. The van der Waals surface area contributed by atoms with Crippen molar-refractivity contribution >= 4 is 37.1 Å². The van der Waals surface area contributed by atoms with Gasteiger partial charge in [0, 0.05) is 0 Å². The van der Waals surface area contributed by atoms with Crippen molar-refractivity contribution in [3.05, 3.63) is 147 Å². The first-order valence-corrected chi connectivity index (χ1v) is 18.4. The average Bonchev–Trinajstić information content (AvgIpc) is 3.04. The Morgan fingerprint density at radius 2 is 0.690 bits per heavy atom. The Bertz CT molecular complexity index is 1010. The van der Waals surface area contributed by atoms with Gasteiger partial charge in [-0.1, -0.05) is 159 Å². The number of unbranched alkanes of at least 4 members (excludes halogenated alkanes) is 6. The number of benzene rings is 4. The molecule has 0 N–H and O–H groups in total. The molecule has 42 heavy (non-hydrogen) atoms. The molecule has 4 aromatic carbocycles. The van der Waals surface area contributed by atoms with Crippen molar-refractivity contribution in [2.75, 3.05) is 12.3 Å². The third-order valence-electron chi connectivity index (χ3n) is 6.94. The monoisotopic (exact) mass is 773 g/mol. The van der Waals surface area contributed by atoms with Gasteiger partial charge in [-0.05, 0) is 68.6 Å². The van der Waals surface area contributed by atoms with E-state index in [4.69, 9.17) is 0 Å². The zero-order valence-corrected chi connectivity index (χ0v) is 29.2. The maximum atomic E-state index is 3.81. The van der Waals surface area contributed by atoms with E-state index in [1.165, 1.54) is 78.5 Å². The molecule has 3 heteroatoms. The van der Waals surface area contributed by atoms with Gasteiger partial charge in [-0.3, -0.25) is 0 Å². The van der Waals surface area contributed by atoms with Crippen LogP contribution in [0.15, 0.2) is 133 Å². The number of rotatable bonds is 16. The molecule has 4 rings (SSSR count). The molecule has 0 aliphatic rings. The third-order valence-corrected chi connectivity index (χ3v) is 12.2. The maximum absolute atomic E-state index is 3.81. The van der Waals surface area contributed by atoms with E-state index in [1.54, 1.807) is 0 Å². The van der Waals surface area contributed by atoms with Crippen LogP contribution in [-0.4, -0.2) is 12.3 Å². The van der Waals surface area contributed by atoms with Crippen LogP contribution in [0, 0.1) is 13.8 Å². The summed E-state index contributed by atoms with van der Waals surface area (Å²) < 4.78 is 0. The molecule has 0 aromatic heterocycles. The van der Waals surface area contributed by atoms with E-state index in [9.17, 15) is 0 Å². The number of hydrogen-bond donors (Lipinski definition) is 0. The molecule has 0 spiro atoms. The largest absolute Gasteiger partial charge is 2.00 e. The third kappa shape index (κ3) is 14.1. The van der Waals surface area contributed by atoms with Crippen molar-refractivity contribution in [3.8, 4) is 0 Å². The molecule has 0 radical (unpaired) electrons. The topological polar surface area (TPSA) is 0 Å². The Morgan fingerprint density at radius 3 is 0.952 bits per heavy atom. The summed E-state index contributed by atoms with van der Waals surface area (Å²) in [4.78, 5) is 0. The minimum Gasteiger partial charge on any atom is -0.343 e. The molecule has 224 valence electrons. The molecule has 0 aliphatic heterocycles. The second-order valence-corrected chi connectivity index (χ2v) is 14.8. The molecule has 0 heterocycles. The van der Waals surface area contributed by atoms with Gasteiger partial charge >= 0.3 is 21.1 Å². The molecule has 0 saturated carbocycles. The van der Waals surface area contributed by atoms with Crippen molar-refractivity contribution in [1.82, 2.24) is 0 Å². The summed E-state index contributed by atoms with van der Waals surface area (Å²) in [5, 5.41) is 5.94. The first-order valence-electron chi connectivity index (χ1n) is 15.3. The second kappa shape index (κ2) is 23.6. The van der Waals surface area contributed by atoms with Crippen molar-refractivity contribution < 1.29 is 21.1 Å². The van der Waals surface area contributed by atoms with Crippen LogP contribution in [0.3, 0.4) is 0 Å². The molecule has 0 amide bonds. The zero-order valence-electron chi connectivity index (χ0n) is 25.1. The molecule has 0 fully saturated rings. The standard InChI is InChI=1S/C27H26P2.C12H22.Pt/c1-5-14-24(15-6-1)28(25-16-7-2-8-17-25)22-13-23-29(26-18-9-3-10-19-26)27-20-11-4-12-21-27;1-3-5-7-9-11-12-10-8-6-4-2;/h1-12,14-21H,13,22-23H2;11-12H,1-10H2;/q;-2;+2/b;12-11-;. The van der Waals surface area contributed by atoms with Gasteiger partial charge in [-0.25, -0.2) is 0 Å². The summed E-state index contributed by atoms with van der Waals surface area (Å²) in [6.45, 7) is 7.63. The van der Waals surface area contributed by atoms with E-state index < -0.39 is 0 Å². The molecular weight excluding hydrogens is 725 g/mol.